The van der Waals surface area contributed by atoms with Gasteiger partial charge in [0, 0.05) is 30.2 Å². The fraction of sp³-hybridized carbons (Fsp3) is 0.250. The van der Waals surface area contributed by atoms with Gasteiger partial charge in [0.25, 0.3) is 0 Å². The van der Waals surface area contributed by atoms with Gasteiger partial charge in [-0.1, -0.05) is 23.8 Å². The second kappa shape index (κ2) is 8.55. The van der Waals surface area contributed by atoms with Gasteiger partial charge in [-0.2, -0.15) is 0 Å². The number of aromatic carboxylic acids is 1. The van der Waals surface area contributed by atoms with Crippen LogP contribution in [0.5, 0.6) is 0 Å². The van der Waals surface area contributed by atoms with Crippen LogP contribution in [0.15, 0.2) is 54.9 Å². The first-order valence-corrected chi connectivity index (χ1v) is 10.1. The van der Waals surface area contributed by atoms with E-state index in [2.05, 4.69) is 71.2 Å². The van der Waals surface area contributed by atoms with Crippen LogP contribution in [0.1, 0.15) is 38.7 Å². The summed E-state index contributed by atoms with van der Waals surface area (Å²) in [7, 11) is 0. The number of fused-ring (bicyclic) bond motifs is 1. The Labute approximate surface area is 176 Å². The molecule has 0 bridgehead atoms. The van der Waals surface area contributed by atoms with Gasteiger partial charge in [-0.05, 0) is 67.8 Å². The first-order valence-electron chi connectivity index (χ1n) is 10.1. The van der Waals surface area contributed by atoms with Crippen molar-refractivity contribution in [1.29, 1.82) is 0 Å². The monoisotopic (exact) mass is 402 g/mol. The highest BCUT2D eigenvalue weighted by molar-refractivity contribution is 5.93. The van der Waals surface area contributed by atoms with E-state index in [4.69, 9.17) is 0 Å². The van der Waals surface area contributed by atoms with E-state index in [-0.39, 0.29) is 11.6 Å². The summed E-state index contributed by atoms with van der Waals surface area (Å²) >= 11 is 0. The van der Waals surface area contributed by atoms with Crippen molar-refractivity contribution >= 4 is 23.0 Å². The molecule has 4 rings (SSSR count). The quantitative estimate of drug-likeness (QED) is 0.488. The number of anilines is 3. The summed E-state index contributed by atoms with van der Waals surface area (Å²) in [6, 6.07) is 14.5. The lowest BCUT2D eigenvalue weighted by atomic mass is 9.93. The number of nitrogens with one attached hydrogen (secondary N) is 3. The molecule has 4 N–H and O–H groups in total. The van der Waals surface area contributed by atoms with Crippen LogP contribution in [0.4, 0.5) is 17.1 Å². The minimum Gasteiger partial charge on any atom is -0.478 e. The van der Waals surface area contributed by atoms with E-state index < -0.39 is 5.97 Å². The Morgan fingerprint density at radius 2 is 2.03 bits per heavy atom. The number of aromatic nitrogens is 1. The SMILES string of the molecule is Cc1ccc(Nc2ccc3c(c2)CCN[C@H]3CNc2cnccc2C(=O)O)c(C)c1. The van der Waals surface area contributed by atoms with Gasteiger partial charge in [0.1, 0.15) is 0 Å². The second-order valence-corrected chi connectivity index (χ2v) is 7.72. The molecule has 6 heteroatoms. The standard InChI is InChI=1S/C24H26N4O2/c1-15-3-6-21(16(2)11-15)28-18-4-5-19-17(12-18)7-10-26-23(19)14-27-22-13-25-9-8-20(22)24(29)30/h3-6,8-9,11-13,23,26-28H,7,10,14H2,1-2H3,(H,29,30)/t23-/m0/s1. The number of rotatable bonds is 6. The van der Waals surface area contributed by atoms with Gasteiger partial charge in [-0.25, -0.2) is 4.79 Å². The summed E-state index contributed by atoms with van der Waals surface area (Å²) in [4.78, 5) is 15.5. The van der Waals surface area contributed by atoms with Crippen LogP contribution >= 0.6 is 0 Å². The Bertz CT molecular complexity index is 1080. The molecule has 6 nitrogen and oxygen atoms in total. The highest BCUT2D eigenvalue weighted by atomic mass is 16.4. The fourth-order valence-corrected chi connectivity index (χ4v) is 3.96. The van der Waals surface area contributed by atoms with E-state index in [0.717, 1.165) is 24.3 Å². The molecular weight excluding hydrogens is 376 g/mol. The maximum absolute atomic E-state index is 11.4. The summed E-state index contributed by atoms with van der Waals surface area (Å²) in [5.41, 5.74) is 7.98. The van der Waals surface area contributed by atoms with Crippen molar-refractivity contribution in [3.8, 4) is 0 Å². The average Bonchev–Trinajstić information content (AvgIpc) is 2.74. The third-order valence-electron chi connectivity index (χ3n) is 5.51. The van der Waals surface area contributed by atoms with Gasteiger partial charge in [0.15, 0.2) is 0 Å². The molecule has 1 atom stereocenters. The second-order valence-electron chi connectivity index (χ2n) is 7.72. The van der Waals surface area contributed by atoms with Gasteiger partial charge < -0.3 is 21.1 Å². The van der Waals surface area contributed by atoms with Crippen molar-refractivity contribution in [2.24, 2.45) is 0 Å². The Balaban J connectivity index is 1.50. The van der Waals surface area contributed by atoms with Crippen molar-refractivity contribution in [1.82, 2.24) is 10.3 Å². The molecule has 1 aromatic heterocycles. The normalized spacial score (nSPS) is 15.3. The van der Waals surface area contributed by atoms with Crippen LogP contribution in [0.3, 0.4) is 0 Å². The predicted molar refractivity (Wildman–Crippen MR) is 120 cm³/mol. The van der Waals surface area contributed by atoms with E-state index in [0.29, 0.717) is 12.2 Å². The lowest BCUT2D eigenvalue weighted by Gasteiger charge is -2.28. The van der Waals surface area contributed by atoms with Crippen LogP contribution < -0.4 is 16.0 Å². The average molecular weight is 402 g/mol. The van der Waals surface area contributed by atoms with E-state index in [1.807, 2.05) is 0 Å². The van der Waals surface area contributed by atoms with Crippen molar-refractivity contribution in [2.45, 2.75) is 26.3 Å². The van der Waals surface area contributed by atoms with E-state index >= 15 is 0 Å². The zero-order valence-corrected chi connectivity index (χ0v) is 17.2. The minimum absolute atomic E-state index is 0.103. The highest BCUT2D eigenvalue weighted by Crippen LogP contribution is 2.29. The minimum atomic E-state index is -0.959. The molecule has 0 aliphatic carbocycles. The third-order valence-corrected chi connectivity index (χ3v) is 5.51. The molecule has 1 aliphatic heterocycles. The van der Waals surface area contributed by atoms with Gasteiger partial charge in [0.05, 0.1) is 17.4 Å². The smallest absolute Gasteiger partial charge is 0.337 e. The summed E-state index contributed by atoms with van der Waals surface area (Å²) in [6.45, 7) is 5.68. The molecule has 0 fully saturated rings. The molecule has 2 heterocycles. The first kappa shape index (κ1) is 19.9. The maximum Gasteiger partial charge on any atom is 0.337 e. The molecule has 154 valence electrons. The molecule has 0 radical (unpaired) electrons. The van der Waals surface area contributed by atoms with Crippen LogP contribution in [-0.4, -0.2) is 29.1 Å². The number of nitrogens with zero attached hydrogens (tertiary/aromatic N) is 1. The van der Waals surface area contributed by atoms with E-state index in [1.165, 1.54) is 34.5 Å². The Morgan fingerprint density at radius 1 is 1.17 bits per heavy atom. The molecule has 0 saturated carbocycles. The largest absolute Gasteiger partial charge is 0.478 e. The van der Waals surface area contributed by atoms with Crippen molar-refractivity contribution in [3.05, 3.63) is 82.7 Å². The van der Waals surface area contributed by atoms with Gasteiger partial charge in [-0.3, -0.25) is 4.98 Å². The van der Waals surface area contributed by atoms with Crippen LogP contribution in [0.2, 0.25) is 0 Å². The Kier molecular flexibility index (Phi) is 5.68. The molecule has 1 aliphatic rings. The number of aryl methyl sites for hydroxylation is 2. The molecule has 0 spiro atoms. The third kappa shape index (κ3) is 4.28. The number of carbonyl (C=O) groups is 1. The Hall–Kier alpha value is -3.38. The molecule has 0 unspecified atom stereocenters. The number of hydrogen-bond acceptors (Lipinski definition) is 5. The van der Waals surface area contributed by atoms with Crippen LogP contribution in [0.25, 0.3) is 0 Å². The number of carboxylic acids is 1. The zero-order chi connectivity index (χ0) is 21.1. The number of pyridine rings is 1. The number of hydrogen-bond donors (Lipinski definition) is 4. The summed E-state index contributed by atoms with van der Waals surface area (Å²) in [6.07, 6.45) is 4.01. The summed E-state index contributed by atoms with van der Waals surface area (Å²) < 4.78 is 0. The lowest BCUT2D eigenvalue weighted by molar-refractivity contribution is 0.0697. The zero-order valence-electron chi connectivity index (χ0n) is 17.2. The fourth-order valence-electron chi connectivity index (χ4n) is 3.96. The maximum atomic E-state index is 11.4. The molecular formula is C24H26N4O2. The van der Waals surface area contributed by atoms with E-state index in [1.54, 1.807) is 6.20 Å². The van der Waals surface area contributed by atoms with Gasteiger partial charge in [-0.15, -0.1) is 0 Å². The summed E-state index contributed by atoms with van der Waals surface area (Å²) in [5, 5.41) is 19.7. The first-order chi connectivity index (χ1) is 14.5. The van der Waals surface area contributed by atoms with Crippen molar-refractivity contribution < 1.29 is 9.90 Å². The lowest BCUT2D eigenvalue weighted by Crippen LogP contribution is -2.34. The van der Waals surface area contributed by atoms with Gasteiger partial charge in [0.2, 0.25) is 0 Å². The van der Waals surface area contributed by atoms with Crippen molar-refractivity contribution in [2.75, 3.05) is 23.7 Å². The molecule has 30 heavy (non-hydrogen) atoms. The van der Waals surface area contributed by atoms with Gasteiger partial charge >= 0.3 is 5.97 Å². The molecule has 0 saturated heterocycles. The van der Waals surface area contributed by atoms with Crippen LogP contribution in [-0.2, 0) is 6.42 Å². The topological polar surface area (TPSA) is 86.3 Å². The van der Waals surface area contributed by atoms with E-state index in [9.17, 15) is 9.90 Å². The highest BCUT2D eigenvalue weighted by Gasteiger charge is 2.21. The molecule has 2 aromatic carbocycles. The number of carboxylic acid groups (broad SMARTS) is 1. The predicted octanol–water partition coefficient (Wildman–Crippen LogP) is 4.44. The Morgan fingerprint density at radius 3 is 2.83 bits per heavy atom. The summed E-state index contributed by atoms with van der Waals surface area (Å²) in [5.74, 6) is -0.959. The van der Waals surface area contributed by atoms with Crippen molar-refractivity contribution in [3.63, 3.8) is 0 Å². The number of benzene rings is 2. The molecule has 0 amide bonds. The molecule has 3 aromatic rings. The van der Waals surface area contributed by atoms with Crippen LogP contribution in [0, 0.1) is 13.8 Å².